The smallest absolute Gasteiger partial charge is 0.269 e. The first-order valence-electron chi connectivity index (χ1n) is 3.27. The lowest BCUT2D eigenvalue weighted by Gasteiger charge is -2.14. The van der Waals surface area contributed by atoms with Crippen LogP contribution in [0.4, 0.5) is 17.6 Å². The van der Waals surface area contributed by atoms with Crippen molar-refractivity contribution in [2.75, 3.05) is 6.61 Å². The van der Waals surface area contributed by atoms with E-state index in [0.29, 0.717) is 6.42 Å². The Bertz CT molecular complexity index is 88.6. The number of hydrogen-bond donors (Lipinski definition) is 0. The highest BCUT2D eigenvalue weighted by molar-refractivity contribution is 4.62. The summed E-state index contributed by atoms with van der Waals surface area (Å²) in [5.74, 6) is 0. The highest BCUT2D eigenvalue weighted by Crippen LogP contribution is 2.14. The van der Waals surface area contributed by atoms with E-state index >= 15 is 0 Å². The van der Waals surface area contributed by atoms with Crippen molar-refractivity contribution >= 4 is 0 Å². The minimum Gasteiger partial charge on any atom is -0.366 e. The number of ether oxygens (including phenoxy) is 1. The van der Waals surface area contributed by atoms with Crippen molar-refractivity contribution in [3.05, 3.63) is 0 Å². The van der Waals surface area contributed by atoms with Crippen LogP contribution in [0.2, 0.25) is 0 Å². The van der Waals surface area contributed by atoms with Crippen molar-refractivity contribution in [1.82, 2.24) is 0 Å². The average Bonchev–Trinajstić information content (AvgIpc) is 1.87. The van der Waals surface area contributed by atoms with Gasteiger partial charge in [-0.15, -0.1) is 0 Å². The summed E-state index contributed by atoms with van der Waals surface area (Å²) >= 11 is 0. The van der Waals surface area contributed by atoms with Gasteiger partial charge in [0.2, 0.25) is 0 Å². The predicted octanol–water partition coefficient (Wildman–Crippen LogP) is 2.31. The van der Waals surface area contributed by atoms with Crippen LogP contribution in [0.1, 0.15) is 13.3 Å². The standard InChI is InChI=1S/C6H10F4O/c1-2-3-11-4(5(7)8)6(9)10/h4-6H,2-3H2,1H3. The van der Waals surface area contributed by atoms with Gasteiger partial charge in [0.15, 0.2) is 6.10 Å². The quantitative estimate of drug-likeness (QED) is 0.581. The van der Waals surface area contributed by atoms with E-state index in [0.717, 1.165) is 0 Å². The van der Waals surface area contributed by atoms with Crippen LogP contribution in [0.15, 0.2) is 0 Å². The zero-order valence-corrected chi connectivity index (χ0v) is 6.07. The molecule has 0 aliphatic rings. The van der Waals surface area contributed by atoms with Crippen LogP contribution in [-0.2, 0) is 4.74 Å². The van der Waals surface area contributed by atoms with E-state index in [1.54, 1.807) is 6.92 Å². The van der Waals surface area contributed by atoms with E-state index in [4.69, 9.17) is 0 Å². The van der Waals surface area contributed by atoms with Crippen LogP contribution in [0.25, 0.3) is 0 Å². The lowest BCUT2D eigenvalue weighted by Crippen LogP contribution is -2.30. The molecule has 0 spiro atoms. The second-order valence-electron chi connectivity index (χ2n) is 2.00. The van der Waals surface area contributed by atoms with Crippen molar-refractivity contribution < 1.29 is 22.3 Å². The minimum atomic E-state index is -3.11. The molecule has 1 nitrogen and oxygen atoms in total. The van der Waals surface area contributed by atoms with Crippen LogP contribution < -0.4 is 0 Å². The molecule has 0 aliphatic heterocycles. The van der Waals surface area contributed by atoms with Crippen molar-refractivity contribution in [2.45, 2.75) is 32.3 Å². The lowest BCUT2D eigenvalue weighted by atomic mass is 10.4. The fraction of sp³-hybridized carbons (Fsp3) is 1.00. The molecule has 0 radical (unpaired) electrons. The molecule has 0 saturated heterocycles. The molecule has 0 saturated carbocycles. The Morgan fingerprint density at radius 2 is 1.55 bits per heavy atom. The Morgan fingerprint density at radius 3 is 1.82 bits per heavy atom. The van der Waals surface area contributed by atoms with Crippen molar-refractivity contribution in [2.24, 2.45) is 0 Å². The van der Waals surface area contributed by atoms with Crippen molar-refractivity contribution in [3.8, 4) is 0 Å². The Balaban J connectivity index is 3.70. The van der Waals surface area contributed by atoms with Gasteiger partial charge in [-0.3, -0.25) is 0 Å². The highest BCUT2D eigenvalue weighted by atomic mass is 19.3. The van der Waals surface area contributed by atoms with Gasteiger partial charge in [0.25, 0.3) is 12.9 Å². The summed E-state index contributed by atoms with van der Waals surface area (Å²) in [7, 11) is 0. The summed E-state index contributed by atoms with van der Waals surface area (Å²) in [5, 5.41) is 0. The molecule has 0 rings (SSSR count). The van der Waals surface area contributed by atoms with Gasteiger partial charge in [0.05, 0.1) is 0 Å². The van der Waals surface area contributed by atoms with Crippen LogP contribution in [0, 0.1) is 0 Å². The summed E-state index contributed by atoms with van der Waals surface area (Å²) in [4.78, 5) is 0. The summed E-state index contributed by atoms with van der Waals surface area (Å²) in [6.45, 7) is 1.60. The number of halogens is 4. The van der Waals surface area contributed by atoms with Crippen molar-refractivity contribution in [3.63, 3.8) is 0 Å². The molecular weight excluding hydrogens is 164 g/mol. The van der Waals surface area contributed by atoms with E-state index in [9.17, 15) is 17.6 Å². The molecule has 0 aliphatic carbocycles. The molecule has 0 heterocycles. The first kappa shape index (κ1) is 10.7. The second-order valence-corrected chi connectivity index (χ2v) is 2.00. The second kappa shape index (κ2) is 5.35. The van der Waals surface area contributed by atoms with Gasteiger partial charge in [-0.2, -0.15) is 0 Å². The molecule has 0 bridgehead atoms. The topological polar surface area (TPSA) is 9.23 Å². The molecule has 0 aromatic rings. The molecule has 0 aromatic heterocycles. The third kappa shape index (κ3) is 4.19. The van der Waals surface area contributed by atoms with Crippen LogP contribution in [0.5, 0.6) is 0 Å². The van der Waals surface area contributed by atoms with Gasteiger partial charge in [-0.05, 0) is 6.42 Å². The maximum absolute atomic E-state index is 11.7. The maximum Gasteiger partial charge on any atom is 0.269 e. The molecule has 0 fully saturated rings. The lowest BCUT2D eigenvalue weighted by molar-refractivity contribution is -0.127. The molecule has 11 heavy (non-hydrogen) atoms. The van der Waals surface area contributed by atoms with Gasteiger partial charge in [0, 0.05) is 6.61 Å². The molecule has 0 atom stereocenters. The fourth-order valence-corrected chi connectivity index (χ4v) is 0.509. The first-order chi connectivity index (χ1) is 5.09. The van der Waals surface area contributed by atoms with Gasteiger partial charge < -0.3 is 4.74 Å². The van der Waals surface area contributed by atoms with E-state index < -0.39 is 19.0 Å². The number of hydrogen-bond acceptors (Lipinski definition) is 1. The van der Waals surface area contributed by atoms with E-state index in [1.165, 1.54) is 0 Å². The molecule has 0 unspecified atom stereocenters. The SMILES string of the molecule is CCCOC(C(F)F)C(F)F. The summed E-state index contributed by atoms with van der Waals surface area (Å²) in [5.41, 5.74) is 0. The molecule has 0 aromatic carbocycles. The summed E-state index contributed by atoms with van der Waals surface area (Å²) in [6, 6.07) is 0. The fourth-order valence-electron chi connectivity index (χ4n) is 0.509. The largest absolute Gasteiger partial charge is 0.366 e. The Hall–Kier alpha value is -0.320. The van der Waals surface area contributed by atoms with Crippen LogP contribution in [0.3, 0.4) is 0 Å². The molecule has 68 valence electrons. The average molecular weight is 174 g/mol. The predicted molar refractivity (Wildman–Crippen MR) is 32.0 cm³/mol. The van der Waals surface area contributed by atoms with E-state index in [-0.39, 0.29) is 6.61 Å². The molecular formula is C6H10F4O. The summed E-state index contributed by atoms with van der Waals surface area (Å²) in [6.07, 6.45) is -7.99. The first-order valence-corrected chi connectivity index (χ1v) is 3.27. The molecule has 0 amide bonds. The van der Waals surface area contributed by atoms with Crippen LogP contribution in [-0.4, -0.2) is 25.6 Å². The van der Waals surface area contributed by atoms with Gasteiger partial charge in [0.1, 0.15) is 0 Å². The van der Waals surface area contributed by atoms with E-state index in [2.05, 4.69) is 4.74 Å². The molecule has 5 heteroatoms. The zero-order valence-electron chi connectivity index (χ0n) is 6.07. The van der Waals surface area contributed by atoms with Gasteiger partial charge >= 0.3 is 0 Å². The Labute approximate surface area is 62.3 Å². The monoisotopic (exact) mass is 174 g/mol. The Morgan fingerprint density at radius 1 is 1.09 bits per heavy atom. The Kier molecular flexibility index (Phi) is 5.19. The molecule has 0 N–H and O–H groups in total. The third-order valence-corrected chi connectivity index (χ3v) is 1.01. The normalized spacial score (nSPS) is 12.0. The third-order valence-electron chi connectivity index (χ3n) is 1.01. The van der Waals surface area contributed by atoms with Gasteiger partial charge in [-0.25, -0.2) is 17.6 Å². The highest BCUT2D eigenvalue weighted by Gasteiger charge is 2.30. The van der Waals surface area contributed by atoms with Gasteiger partial charge in [-0.1, -0.05) is 6.92 Å². The number of alkyl halides is 4. The maximum atomic E-state index is 11.7. The van der Waals surface area contributed by atoms with Crippen LogP contribution >= 0.6 is 0 Å². The minimum absolute atomic E-state index is 0.0562. The zero-order chi connectivity index (χ0) is 8.85. The van der Waals surface area contributed by atoms with E-state index in [1.807, 2.05) is 0 Å². The number of rotatable bonds is 5. The van der Waals surface area contributed by atoms with Crippen molar-refractivity contribution in [1.29, 1.82) is 0 Å². The summed E-state index contributed by atoms with van der Waals surface area (Å²) < 4.78 is 50.9.